The van der Waals surface area contributed by atoms with Crippen LogP contribution in [0.3, 0.4) is 0 Å². The van der Waals surface area contributed by atoms with E-state index < -0.39 is 4.92 Å². The van der Waals surface area contributed by atoms with Crippen molar-refractivity contribution in [3.05, 3.63) is 56.0 Å². The van der Waals surface area contributed by atoms with E-state index in [4.69, 9.17) is 5.73 Å². The first kappa shape index (κ1) is 15.1. The van der Waals surface area contributed by atoms with Crippen LogP contribution >= 0.6 is 11.3 Å². The monoisotopic (exact) mass is 306 g/mol. The summed E-state index contributed by atoms with van der Waals surface area (Å²) in [5.41, 5.74) is 6.17. The second kappa shape index (κ2) is 6.91. The number of hydrogen-bond donors (Lipinski definition) is 2. The van der Waals surface area contributed by atoms with E-state index in [-0.39, 0.29) is 18.1 Å². The molecule has 3 N–H and O–H groups in total. The van der Waals surface area contributed by atoms with Crippen molar-refractivity contribution in [2.24, 2.45) is 5.73 Å². The first-order chi connectivity index (χ1) is 10.1. The number of para-hydroxylation sites is 1. The number of nitrogens with two attached hydrogens (primary N) is 1. The van der Waals surface area contributed by atoms with Gasteiger partial charge in [-0.25, -0.2) is 4.98 Å². The fraction of sp³-hybridized carbons (Fsp3) is 0.231. The van der Waals surface area contributed by atoms with Crippen LogP contribution in [0.15, 0.2) is 29.6 Å². The standard InChI is InChI=1S/C13H14N4O3S/c14-6-5-12-16-10(8-21-12)13(18)15-7-9-3-1-2-4-11(9)17(19)20/h1-4,8H,5-7,14H2,(H,15,18). The molecule has 21 heavy (non-hydrogen) atoms. The van der Waals surface area contributed by atoms with Crippen molar-refractivity contribution in [2.45, 2.75) is 13.0 Å². The second-order valence-electron chi connectivity index (χ2n) is 4.23. The minimum atomic E-state index is -0.469. The molecule has 7 nitrogen and oxygen atoms in total. The summed E-state index contributed by atoms with van der Waals surface area (Å²) in [5.74, 6) is -0.354. The number of aromatic nitrogens is 1. The van der Waals surface area contributed by atoms with Gasteiger partial charge in [-0.15, -0.1) is 11.3 Å². The molecule has 1 aromatic carbocycles. The zero-order valence-corrected chi connectivity index (χ0v) is 11.9. The lowest BCUT2D eigenvalue weighted by atomic mass is 10.2. The molecule has 0 spiro atoms. The molecular formula is C13H14N4O3S. The highest BCUT2D eigenvalue weighted by atomic mass is 32.1. The predicted octanol–water partition coefficient (Wildman–Crippen LogP) is 1.48. The molecule has 2 aromatic rings. The van der Waals surface area contributed by atoms with E-state index in [2.05, 4.69) is 10.3 Å². The third-order valence-corrected chi connectivity index (χ3v) is 3.68. The Bertz CT molecular complexity index is 656. The van der Waals surface area contributed by atoms with Gasteiger partial charge >= 0.3 is 0 Å². The first-order valence-corrected chi connectivity index (χ1v) is 7.14. The zero-order chi connectivity index (χ0) is 15.2. The molecule has 0 aliphatic heterocycles. The number of carbonyl (C=O) groups excluding carboxylic acids is 1. The van der Waals surface area contributed by atoms with Crippen molar-refractivity contribution >= 4 is 22.9 Å². The molecule has 0 bridgehead atoms. The number of amides is 1. The van der Waals surface area contributed by atoms with E-state index in [1.54, 1.807) is 23.6 Å². The molecule has 1 heterocycles. The zero-order valence-electron chi connectivity index (χ0n) is 11.1. The van der Waals surface area contributed by atoms with Crippen molar-refractivity contribution in [3.63, 3.8) is 0 Å². The summed E-state index contributed by atoms with van der Waals surface area (Å²) in [6.07, 6.45) is 0.627. The maximum Gasteiger partial charge on any atom is 0.274 e. The third kappa shape index (κ3) is 3.83. The van der Waals surface area contributed by atoms with Gasteiger partial charge in [0.05, 0.1) is 9.93 Å². The molecule has 0 saturated carbocycles. The van der Waals surface area contributed by atoms with Crippen molar-refractivity contribution in [3.8, 4) is 0 Å². The van der Waals surface area contributed by atoms with Gasteiger partial charge < -0.3 is 11.1 Å². The molecule has 0 atom stereocenters. The smallest absolute Gasteiger partial charge is 0.274 e. The van der Waals surface area contributed by atoms with Gasteiger partial charge in [0.1, 0.15) is 5.69 Å². The topological polar surface area (TPSA) is 111 Å². The molecule has 0 unspecified atom stereocenters. The van der Waals surface area contributed by atoms with Crippen molar-refractivity contribution in [2.75, 3.05) is 6.54 Å². The van der Waals surface area contributed by atoms with E-state index in [0.29, 0.717) is 24.2 Å². The summed E-state index contributed by atoms with van der Waals surface area (Å²) >= 11 is 1.37. The van der Waals surface area contributed by atoms with Gasteiger partial charge in [0.25, 0.3) is 11.6 Å². The van der Waals surface area contributed by atoms with Crippen LogP contribution in [0, 0.1) is 10.1 Å². The van der Waals surface area contributed by atoms with Crippen LogP contribution in [0.5, 0.6) is 0 Å². The third-order valence-electron chi connectivity index (χ3n) is 2.77. The number of nitrogens with one attached hydrogen (secondary N) is 1. The predicted molar refractivity (Wildman–Crippen MR) is 79.1 cm³/mol. The number of thiazole rings is 1. The van der Waals surface area contributed by atoms with Crippen LogP contribution in [0.2, 0.25) is 0 Å². The molecule has 0 aliphatic carbocycles. The summed E-state index contributed by atoms with van der Waals surface area (Å²) in [6, 6.07) is 6.29. The molecule has 0 radical (unpaired) electrons. The van der Waals surface area contributed by atoms with Gasteiger partial charge in [0.15, 0.2) is 0 Å². The maximum atomic E-state index is 11.9. The SMILES string of the molecule is NCCc1nc(C(=O)NCc2ccccc2[N+](=O)[O-])cs1. The molecular weight excluding hydrogens is 292 g/mol. The van der Waals surface area contributed by atoms with Crippen LogP contribution in [-0.2, 0) is 13.0 Å². The molecule has 1 aromatic heterocycles. The van der Waals surface area contributed by atoms with E-state index >= 15 is 0 Å². The normalized spacial score (nSPS) is 10.3. The summed E-state index contributed by atoms with van der Waals surface area (Å²) in [5, 5.41) is 16.0. The number of nitrogens with zero attached hydrogens (tertiary/aromatic N) is 2. The van der Waals surface area contributed by atoms with Gasteiger partial charge in [0.2, 0.25) is 0 Å². The van der Waals surface area contributed by atoms with Crippen LogP contribution in [-0.4, -0.2) is 22.4 Å². The number of nitro benzene ring substituents is 1. The van der Waals surface area contributed by atoms with E-state index in [9.17, 15) is 14.9 Å². The number of nitro groups is 1. The number of rotatable bonds is 6. The highest BCUT2D eigenvalue weighted by Gasteiger charge is 2.15. The largest absolute Gasteiger partial charge is 0.346 e. The van der Waals surface area contributed by atoms with E-state index in [0.717, 1.165) is 5.01 Å². The van der Waals surface area contributed by atoms with Gasteiger partial charge in [-0.1, -0.05) is 18.2 Å². The second-order valence-corrected chi connectivity index (χ2v) is 5.18. The molecule has 2 rings (SSSR count). The Kier molecular flexibility index (Phi) is 4.96. The number of benzene rings is 1. The quantitative estimate of drug-likeness (QED) is 0.620. The number of carbonyl (C=O) groups is 1. The Morgan fingerprint density at radius 3 is 2.90 bits per heavy atom. The number of hydrogen-bond acceptors (Lipinski definition) is 6. The van der Waals surface area contributed by atoms with E-state index in [1.807, 2.05) is 0 Å². The van der Waals surface area contributed by atoms with Gasteiger partial charge in [-0.05, 0) is 6.54 Å². The first-order valence-electron chi connectivity index (χ1n) is 6.26. The summed E-state index contributed by atoms with van der Waals surface area (Å²) in [6.45, 7) is 0.560. The van der Waals surface area contributed by atoms with Gasteiger partial charge in [0, 0.05) is 30.0 Å². The fourth-order valence-corrected chi connectivity index (χ4v) is 2.55. The lowest BCUT2D eigenvalue weighted by molar-refractivity contribution is -0.385. The molecule has 1 amide bonds. The Hall–Kier alpha value is -2.32. The van der Waals surface area contributed by atoms with Crippen LogP contribution in [0.1, 0.15) is 21.1 Å². The molecule has 8 heteroatoms. The Morgan fingerprint density at radius 1 is 1.43 bits per heavy atom. The van der Waals surface area contributed by atoms with Crippen LogP contribution < -0.4 is 11.1 Å². The summed E-state index contributed by atoms with van der Waals surface area (Å²) in [7, 11) is 0. The molecule has 0 fully saturated rings. The van der Waals surface area contributed by atoms with Crippen molar-refractivity contribution < 1.29 is 9.72 Å². The Morgan fingerprint density at radius 2 is 2.19 bits per heavy atom. The van der Waals surface area contributed by atoms with Crippen LogP contribution in [0.4, 0.5) is 5.69 Å². The average molecular weight is 306 g/mol. The highest BCUT2D eigenvalue weighted by molar-refractivity contribution is 7.09. The molecule has 110 valence electrons. The highest BCUT2D eigenvalue weighted by Crippen LogP contribution is 2.17. The van der Waals surface area contributed by atoms with Crippen molar-refractivity contribution in [1.29, 1.82) is 0 Å². The maximum absolute atomic E-state index is 11.9. The van der Waals surface area contributed by atoms with Gasteiger partial charge in [-0.2, -0.15) is 0 Å². The summed E-state index contributed by atoms with van der Waals surface area (Å²) in [4.78, 5) is 26.5. The summed E-state index contributed by atoms with van der Waals surface area (Å²) < 4.78 is 0. The molecule has 0 aliphatic rings. The average Bonchev–Trinajstić information content (AvgIpc) is 2.94. The fourth-order valence-electron chi connectivity index (χ4n) is 1.76. The lowest BCUT2D eigenvalue weighted by Gasteiger charge is -2.04. The minimum absolute atomic E-state index is 0.0140. The van der Waals surface area contributed by atoms with Crippen LogP contribution in [0.25, 0.3) is 0 Å². The van der Waals surface area contributed by atoms with Crippen molar-refractivity contribution in [1.82, 2.24) is 10.3 Å². The lowest BCUT2D eigenvalue weighted by Crippen LogP contribution is -2.23. The molecule has 0 saturated heterocycles. The minimum Gasteiger partial charge on any atom is -0.346 e. The van der Waals surface area contributed by atoms with Gasteiger partial charge in [-0.3, -0.25) is 14.9 Å². The Balaban J connectivity index is 2.02. The van der Waals surface area contributed by atoms with E-state index in [1.165, 1.54) is 17.4 Å². The Labute approximate surface area is 125 Å².